The largest absolute Gasteiger partial charge is 0.421 e. The summed E-state index contributed by atoms with van der Waals surface area (Å²) in [5, 5.41) is 13.1. The fraction of sp³-hybridized carbons (Fsp3) is 0.154. The van der Waals surface area contributed by atoms with Crippen LogP contribution >= 0.6 is 22.7 Å². The lowest BCUT2D eigenvalue weighted by Crippen LogP contribution is -2.30. The van der Waals surface area contributed by atoms with Gasteiger partial charge in [0.1, 0.15) is 4.21 Å². The van der Waals surface area contributed by atoms with Gasteiger partial charge in [-0.2, -0.15) is 11.3 Å². The van der Waals surface area contributed by atoms with Crippen LogP contribution in [-0.4, -0.2) is 24.5 Å². The zero-order valence-electron chi connectivity index (χ0n) is 11.6. The number of amides is 1. The average Bonchev–Trinajstić information content (AvgIpc) is 3.24. The highest BCUT2D eigenvalue weighted by Crippen LogP contribution is 2.21. The number of aromatic nitrogens is 2. The second kappa shape index (κ2) is 6.60. The molecular formula is C13H11N3O4S3. The van der Waals surface area contributed by atoms with E-state index in [-0.39, 0.29) is 22.9 Å². The standard InChI is InChI=1S/C13H11N3O4S3/c17-10(16-23(18,19)12-2-1-6-22-12)3-4-11-14-15-13(20-11)9-5-7-21-8-9/h1-2,5-8H,3-4H2,(H,16,17). The topological polar surface area (TPSA) is 102 Å². The van der Waals surface area contributed by atoms with Crippen molar-refractivity contribution in [2.24, 2.45) is 0 Å². The van der Waals surface area contributed by atoms with Crippen LogP contribution in [0.5, 0.6) is 0 Å². The van der Waals surface area contributed by atoms with Crippen LogP contribution in [0.4, 0.5) is 0 Å². The van der Waals surface area contributed by atoms with Gasteiger partial charge in [0, 0.05) is 23.8 Å². The van der Waals surface area contributed by atoms with Crippen molar-refractivity contribution in [3.63, 3.8) is 0 Å². The Balaban J connectivity index is 1.57. The average molecular weight is 369 g/mol. The fourth-order valence-corrected chi connectivity index (χ4v) is 4.38. The van der Waals surface area contributed by atoms with E-state index in [1.807, 2.05) is 21.5 Å². The monoisotopic (exact) mass is 369 g/mol. The molecule has 1 N–H and O–H groups in total. The molecule has 0 fully saturated rings. The third-order valence-electron chi connectivity index (χ3n) is 2.81. The van der Waals surface area contributed by atoms with E-state index in [4.69, 9.17) is 4.42 Å². The van der Waals surface area contributed by atoms with Crippen LogP contribution in [0.1, 0.15) is 12.3 Å². The summed E-state index contributed by atoms with van der Waals surface area (Å²) in [7, 11) is -3.80. The molecule has 0 saturated carbocycles. The Morgan fingerprint density at radius 3 is 2.83 bits per heavy atom. The molecule has 23 heavy (non-hydrogen) atoms. The highest BCUT2D eigenvalue weighted by atomic mass is 32.2. The Labute approximate surface area is 140 Å². The van der Waals surface area contributed by atoms with Gasteiger partial charge in [0.2, 0.25) is 17.7 Å². The molecule has 0 aliphatic heterocycles. The molecule has 10 heteroatoms. The molecule has 0 bridgehead atoms. The highest BCUT2D eigenvalue weighted by molar-refractivity contribution is 7.92. The Morgan fingerprint density at radius 1 is 1.26 bits per heavy atom. The minimum absolute atomic E-state index is 0.0596. The van der Waals surface area contributed by atoms with Crippen LogP contribution in [0.2, 0.25) is 0 Å². The van der Waals surface area contributed by atoms with E-state index in [0.717, 1.165) is 16.9 Å². The summed E-state index contributed by atoms with van der Waals surface area (Å²) < 4.78 is 31.4. The number of nitrogens with one attached hydrogen (secondary N) is 1. The molecule has 0 aliphatic rings. The third kappa shape index (κ3) is 3.84. The van der Waals surface area contributed by atoms with Gasteiger partial charge in [-0.1, -0.05) is 6.07 Å². The lowest BCUT2D eigenvalue weighted by Gasteiger charge is -2.03. The number of carbonyl (C=O) groups is 1. The predicted molar refractivity (Wildman–Crippen MR) is 85.6 cm³/mol. The van der Waals surface area contributed by atoms with Crippen LogP contribution in [-0.2, 0) is 21.2 Å². The Morgan fingerprint density at radius 2 is 2.13 bits per heavy atom. The molecule has 3 aromatic heterocycles. The van der Waals surface area contributed by atoms with Gasteiger partial charge >= 0.3 is 0 Å². The molecule has 0 spiro atoms. The van der Waals surface area contributed by atoms with Crippen molar-refractivity contribution in [2.45, 2.75) is 17.1 Å². The van der Waals surface area contributed by atoms with Crippen LogP contribution in [0.15, 0.2) is 43.0 Å². The van der Waals surface area contributed by atoms with Gasteiger partial charge in [-0.3, -0.25) is 4.79 Å². The number of aryl methyl sites for hydroxylation is 1. The molecule has 0 atom stereocenters. The molecule has 0 saturated heterocycles. The molecule has 3 heterocycles. The summed E-state index contributed by atoms with van der Waals surface area (Å²) in [6, 6.07) is 4.89. The van der Waals surface area contributed by atoms with Gasteiger partial charge in [0.05, 0.1) is 0 Å². The number of nitrogens with zero attached hydrogens (tertiary/aromatic N) is 2. The molecule has 1 amide bonds. The maximum atomic E-state index is 11.9. The molecule has 3 rings (SSSR count). The number of thiophene rings is 2. The number of hydrogen-bond acceptors (Lipinski definition) is 8. The van der Waals surface area contributed by atoms with E-state index in [1.165, 1.54) is 17.4 Å². The Hall–Kier alpha value is -2.04. The first-order chi connectivity index (χ1) is 11.0. The van der Waals surface area contributed by atoms with Crippen molar-refractivity contribution < 1.29 is 17.6 Å². The summed E-state index contributed by atoms with van der Waals surface area (Å²) in [5.74, 6) is 0.0522. The number of carbonyl (C=O) groups excluding carboxylic acids is 1. The van der Waals surface area contributed by atoms with Crippen molar-refractivity contribution >= 4 is 38.6 Å². The zero-order chi connectivity index (χ0) is 16.3. The molecule has 7 nitrogen and oxygen atoms in total. The van der Waals surface area contributed by atoms with Crippen molar-refractivity contribution in [3.05, 3.63) is 40.2 Å². The second-order valence-electron chi connectivity index (χ2n) is 4.47. The summed E-state index contributed by atoms with van der Waals surface area (Å²) in [4.78, 5) is 11.8. The second-order valence-corrected chi connectivity index (χ2v) is 8.11. The lowest BCUT2D eigenvalue weighted by atomic mass is 10.3. The predicted octanol–water partition coefficient (Wildman–Crippen LogP) is 2.30. The molecule has 0 aromatic carbocycles. The van der Waals surface area contributed by atoms with E-state index < -0.39 is 15.9 Å². The highest BCUT2D eigenvalue weighted by Gasteiger charge is 2.19. The van der Waals surface area contributed by atoms with Gasteiger partial charge in [0.15, 0.2) is 0 Å². The minimum atomic E-state index is -3.80. The summed E-state index contributed by atoms with van der Waals surface area (Å²) >= 11 is 2.55. The fourth-order valence-electron chi connectivity index (χ4n) is 1.75. The van der Waals surface area contributed by atoms with Crippen molar-refractivity contribution in [2.75, 3.05) is 0 Å². The summed E-state index contributed by atoms with van der Waals surface area (Å²) in [6.45, 7) is 0. The van der Waals surface area contributed by atoms with E-state index in [0.29, 0.717) is 5.89 Å². The van der Waals surface area contributed by atoms with Gasteiger partial charge in [-0.05, 0) is 22.9 Å². The molecule has 0 unspecified atom stereocenters. The van der Waals surface area contributed by atoms with Crippen LogP contribution < -0.4 is 4.72 Å². The Bertz CT molecular complexity index is 883. The first kappa shape index (κ1) is 15.8. The maximum Gasteiger partial charge on any atom is 0.273 e. The molecule has 3 aromatic rings. The van der Waals surface area contributed by atoms with Crippen molar-refractivity contribution in [1.29, 1.82) is 0 Å². The quantitative estimate of drug-likeness (QED) is 0.715. The van der Waals surface area contributed by atoms with Crippen LogP contribution in [0.3, 0.4) is 0 Å². The van der Waals surface area contributed by atoms with Crippen LogP contribution in [0.25, 0.3) is 11.5 Å². The number of rotatable bonds is 6. The van der Waals surface area contributed by atoms with E-state index in [1.54, 1.807) is 11.4 Å². The minimum Gasteiger partial charge on any atom is -0.421 e. The number of hydrogen-bond donors (Lipinski definition) is 1. The molecule has 120 valence electrons. The third-order valence-corrected chi connectivity index (χ3v) is 6.26. The SMILES string of the molecule is O=C(CCc1nnc(-c2ccsc2)o1)NS(=O)(=O)c1cccs1. The first-order valence-corrected chi connectivity index (χ1v) is 9.79. The smallest absolute Gasteiger partial charge is 0.273 e. The van der Waals surface area contributed by atoms with Crippen molar-refractivity contribution in [3.8, 4) is 11.5 Å². The van der Waals surface area contributed by atoms with Gasteiger partial charge in [-0.25, -0.2) is 13.1 Å². The van der Waals surface area contributed by atoms with Gasteiger partial charge in [-0.15, -0.1) is 21.5 Å². The zero-order valence-corrected chi connectivity index (χ0v) is 14.1. The maximum absolute atomic E-state index is 11.9. The van der Waals surface area contributed by atoms with E-state index in [9.17, 15) is 13.2 Å². The van der Waals surface area contributed by atoms with E-state index in [2.05, 4.69) is 10.2 Å². The molecular weight excluding hydrogens is 358 g/mol. The van der Waals surface area contributed by atoms with Gasteiger partial charge < -0.3 is 4.42 Å². The molecule has 0 radical (unpaired) electrons. The molecule has 0 aliphatic carbocycles. The first-order valence-electron chi connectivity index (χ1n) is 6.49. The lowest BCUT2D eigenvalue weighted by molar-refractivity contribution is -0.119. The summed E-state index contributed by atoms with van der Waals surface area (Å²) in [6.07, 6.45) is 0.110. The normalized spacial score (nSPS) is 11.5. The van der Waals surface area contributed by atoms with E-state index >= 15 is 0 Å². The number of sulfonamides is 1. The summed E-state index contributed by atoms with van der Waals surface area (Å²) in [5.41, 5.74) is 0.818. The van der Waals surface area contributed by atoms with Gasteiger partial charge in [0.25, 0.3) is 10.0 Å². The Kier molecular flexibility index (Phi) is 4.55. The van der Waals surface area contributed by atoms with Crippen LogP contribution in [0, 0.1) is 0 Å². The van der Waals surface area contributed by atoms with Crippen molar-refractivity contribution in [1.82, 2.24) is 14.9 Å².